The first-order valence-corrected chi connectivity index (χ1v) is 9.39. The highest BCUT2D eigenvalue weighted by molar-refractivity contribution is 5.81. The van der Waals surface area contributed by atoms with E-state index in [9.17, 15) is 29.4 Å². The van der Waals surface area contributed by atoms with Crippen molar-refractivity contribution < 1.29 is 44.0 Å². The predicted molar refractivity (Wildman–Crippen MR) is 98.7 cm³/mol. The molecule has 0 spiro atoms. The SMILES string of the molecule is CCOCCC(C)OC(=O)C(C)C(C(=O)O)C(C)C(C)C(CC(=O)O)C(=O)O. The van der Waals surface area contributed by atoms with Gasteiger partial charge in [-0.2, -0.15) is 0 Å². The second-order valence-electron chi connectivity index (χ2n) is 7.15. The lowest BCUT2D eigenvalue weighted by atomic mass is 9.72. The van der Waals surface area contributed by atoms with Crippen LogP contribution in [0.1, 0.15) is 47.5 Å². The van der Waals surface area contributed by atoms with Crippen LogP contribution in [0, 0.1) is 29.6 Å². The molecule has 0 radical (unpaired) electrons. The summed E-state index contributed by atoms with van der Waals surface area (Å²) in [5, 5.41) is 27.9. The monoisotopic (exact) mass is 404 g/mol. The van der Waals surface area contributed by atoms with E-state index in [2.05, 4.69) is 0 Å². The van der Waals surface area contributed by atoms with E-state index in [1.54, 1.807) is 6.92 Å². The summed E-state index contributed by atoms with van der Waals surface area (Å²) in [4.78, 5) is 46.6. The van der Waals surface area contributed by atoms with Gasteiger partial charge in [-0.15, -0.1) is 0 Å². The van der Waals surface area contributed by atoms with Crippen molar-refractivity contribution in [1.29, 1.82) is 0 Å². The standard InChI is InChI=1S/C19H32O9/c1-6-27-8-7-10(2)28-19(26)13(5)16(18(24)25)12(4)11(3)14(17(22)23)9-15(20)21/h10-14,16H,6-9H2,1-5H3,(H,20,21)(H,22,23)(H,24,25). The molecule has 0 aliphatic heterocycles. The Kier molecular flexibility index (Phi) is 11.4. The number of hydrogen-bond donors (Lipinski definition) is 3. The van der Waals surface area contributed by atoms with Crippen LogP contribution in [0.3, 0.4) is 0 Å². The zero-order valence-corrected chi connectivity index (χ0v) is 17.1. The van der Waals surface area contributed by atoms with Crippen molar-refractivity contribution in [3.8, 4) is 0 Å². The second-order valence-corrected chi connectivity index (χ2v) is 7.15. The largest absolute Gasteiger partial charge is 0.481 e. The van der Waals surface area contributed by atoms with E-state index in [0.29, 0.717) is 19.6 Å². The highest BCUT2D eigenvalue weighted by Gasteiger charge is 2.42. The molecule has 162 valence electrons. The van der Waals surface area contributed by atoms with E-state index >= 15 is 0 Å². The van der Waals surface area contributed by atoms with Gasteiger partial charge < -0.3 is 24.8 Å². The Morgan fingerprint density at radius 1 is 0.893 bits per heavy atom. The molecule has 9 heteroatoms. The minimum Gasteiger partial charge on any atom is -0.481 e. The molecular formula is C19H32O9. The maximum Gasteiger partial charge on any atom is 0.309 e. The molecule has 0 bridgehead atoms. The van der Waals surface area contributed by atoms with Crippen molar-refractivity contribution in [2.45, 2.75) is 53.6 Å². The molecule has 0 fully saturated rings. The zero-order valence-electron chi connectivity index (χ0n) is 17.1. The maximum atomic E-state index is 12.4. The summed E-state index contributed by atoms with van der Waals surface area (Å²) in [7, 11) is 0. The third kappa shape index (κ3) is 8.24. The van der Waals surface area contributed by atoms with Crippen molar-refractivity contribution in [2.24, 2.45) is 29.6 Å². The number of carboxylic acids is 3. The molecule has 0 rings (SSSR count). The van der Waals surface area contributed by atoms with E-state index in [0.717, 1.165) is 0 Å². The van der Waals surface area contributed by atoms with Crippen LogP contribution in [0.5, 0.6) is 0 Å². The molecule has 28 heavy (non-hydrogen) atoms. The molecule has 9 nitrogen and oxygen atoms in total. The number of esters is 1. The third-order valence-corrected chi connectivity index (χ3v) is 5.13. The van der Waals surface area contributed by atoms with Gasteiger partial charge in [0.2, 0.25) is 0 Å². The lowest BCUT2D eigenvalue weighted by molar-refractivity contribution is -0.164. The lowest BCUT2D eigenvalue weighted by Crippen LogP contribution is -2.40. The topological polar surface area (TPSA) is 147 Å². The number of rotatable bonds is 14. The van der Waals surface area contributed by atoms with E-state index in [1.165, 1.54) is 20.8 Å². The van der Waals surface area contributed by atoms with Crippen molar-refractivity contribution >= 4 is 23.9 Å². The van der Waals surface area contributed by atoms with E-state index in [1.807, 2.05) is 6.92 Å². The van der Waals surface area contributed by atoms with Gasteiger partial charge in [-0.3, -0.25) is 19.2 Å². The fourth-order valence-corrected chi connectivity index (χ4v) is 3.18. The third-order valence-electron chi connectivity index (χ3n) is 5.13. The van der Waals surface area contributed by atoms with Crippen LogP contribution in [0.15, 0.2) is 0 Å². The van der Waals surface area contributed by atoms with Crippen LogP contribution in [0.4, 0.5) is 0 Å². The van der Waals surface area contributed by atoms with Crippen LogP contribution in [-0.4, -0.2) is 58.5 Å². The van der Waals surface area contributed by atoms with Gasteiger partial charge in [0.05, 0.1) is 30.8 Å². The Labute approximate surface area is 165 Å². The fourth-order valence-electron chi connectivity index (χ4n) is 3.18. The molecule has 0 saturated carbocycles. The zero-order chi connectivity index (χ0) is 22.0. The summed E-state index contributed by atoms with van der Waals surface area (Å²) in [6.45, 7) is 8.90. The molecule has 0 saturated heterocycles. The summed E-state index contributed by atoms with van der Waals surface area (Å²) < 4.78 is 10.5. The Morgan fingerprint density at radius 3 is 1.89 bits per heavy atom. The second kappa shape index (κ2) is 12.3. The molecule has 3 N–H and O–H groups in total. The van der Waals surface area contributed by atoms with Crippen LogP contribution in [0.2, 0.25) is 0 Å². The van der Waals surface area contributed by atoms with Crippen molar-refractivity contribution in [2.75, 3.05) is 13.2 Å². The fraction of sp³-hybridized carbons (Fsp3) is 0.789. The van der Waals surface area contributed by atoms with Crippen LogP contribution < -0.4 is 0 Å². The summed E-state index contributed by atoms with van der Waals surface area (Å²) in [5.74, 6) is -9.59. The first-order valence-electron chi connectivity index (χ1n) is 9.39. The summed E-state index contributed by atoms with van der Waals surface area (Å²) in [6.07, 6.45) is -0.613. The van der Waals surface area contributed by atoms with Crippen LogP contribution >= 0.6 is 0 Å². The minimum atomic E-state index is -1.31. The normalized spacial score (nSPS) is 17.6. The number of ether oxygens (including phenoxy) is 2. The van der Waals surface area contributed by atoms with Gasteiger partial charge in [0.1, 0.15) is 6.10 Å². The Bertz CT molecular complexity index is 546. The molecule has 0 aliphatic rings. The summed E-state index contributed by atoms with van der Waals surface area (Å²) in [6, 6.07) is 0. The van der Waals surface area contributed by atoms with Gasteiger partial charge in [-0.05, 0) is 25.7 Å². The number of carbonyl (C=O) groups excluding carboxylic acids is 1. The van der Waals surface area contributed by atoms with Crippen molar-refractivity contribution in [1.82, 2.24) is 0 Å². The van der Waals surface area contributed by atoms with E-state index in [4.69, 9.17) is 14.6 Å². The molecule has 0 heterocycles. The first-order chi connectivity index (χ1) is 12.9. The van der Waals surface area contributed by atoms with Crippen LogP contribution in [-0.2, 0) is 28.7 Å². The van der Waals surface area contributed by atoms with Crippen molar-refractivity contribution in [3.63, 3.8) is 0 Å². The average molecular weight is 404 g/mol. The summed E-state index contributed by atoms with van der Waals surface area (Å²) >= 11 is 0. The smallest absolute Gasteiger partial charge is 0.309 e. The molecule has 0 aromatic carbocycles. The molecule has 0 aromatic rings. The van der Waals surface area contributed by atoms with Gasteiger partial charge in [-0.1, -0.05) is 20.8 Å². The Hall–Kier alpha value is -2.16. The maximum absolute atomic E-state index is 12.4. The first kappa shape index (κ1) is 25.8. The van der Waals surface area contributed by atoms with Gasteiger partial charge in [0.25, 0.3) is 0 Å². The van der Waals surface area contributed by atoms with E-state index in [-0.39, 0.29) is 0 Å². The van der Waals surface area contributed by atoms with Gasteiger partial charge in [-0.25, -0.2) is 0 Å². The predicted octanol–water partition coefficient (Wildman–Crippen LogP) is 2.13. The molecule has 6 atom stereocenters. The van der Waals surface area contributed by atoms with Gasteiger partial charge in [0, 0.05) is 13.0 Å². The molecule has 0 aliphatic carbocycles. The molecule has 0 aromatic heterocycles. The lowest BCUT2D eigenvalue weighted by Gasteiger charge is -2.32. The van der Waals surface area contributed by atoms with Gasteiger partial charge >= 0.3 is 23.9 Å². The Morgan fingerprint density at radius 2 is 1.46 bits per heavy atom. The minimum absolute atomic E-state index is 0.407. The molecule has 6 unspecified atom stereocenters. The summed E-state index contributed by atoms with van der Waals surface area (Å²) in [5.41, 5.74) is 0. The molecule has 0 amide bonds. The van der Waals surface area contributed by atoms with Crippen LogP contribution in [0.25, 0.3) is 0 Å². The number of carbonyl (C=O) groups is 4. The number of aliphatic carboxylic acids is 3. The highest BCUT2D eigenvalue weighted by Crippen LogP contribution is 2.34. The highest BCUT2D eigenvalue weighted by atomic mass is 16.5. The van der Waals surface area contributed by atoms with Crippen molar-refractivity contribution in [3.05, 3.63) is 0 Å². The average Bonchev–Trinajstić information content (AvgIpc) is 2.58. The van der Waals surface area contributed by atoms with Gasteiger partial charge in [0.15, 0.2) is 0 Å². The quantitative estimate of drug-likeness (QED) is 0.292. The number of hydrogen-bond acceptors (Lipinski definition) is 6. The molecular weight excluding hydrogens is 372 g/mol. The van der Waals surface area contributed by atoms with E-state index < -0.39 is 66.0 Å². The number of carboxylic acid groups (broad SMARTS) is 3. The Balaban J connectivity index is 5.25.